The van der Waals surface area contributed by atoms with Crippen LogP contribution < -0.4 is 29.7 Å². The normalized spacial score (nSPS) is 13.2. The second-order valence-electron chi connectivity index (χ2n) is 8.26. The molecule has 0 atom stereocenters. The minimum Gasteiger partial charge on any atom is -0.497 e. The van der Waals surface area contributed by atoms with Gasteiger partial charge in [-0.3, -0.25) is 4.90 Å². The molecule has 1 aliphatic heterocycles. The van der Waals surface area contributed by atoms with Crippen LogP contribution in [0.3, 0.4) is 0 Å². The molecule has 0 aromatic heterocycles. The topological polar surface area (TPSA) is 92.4 Å². The summed E-state index contributed by atoms with van der Waals surface area (Å²) in [6, 6.07) is 19.4. The fraction of sp³-hybridized carbons (Fsp3) is 0.259. The average molecular weight is 491 g/mol. The zero-order valence-electron chi connectivity index (χ0n) is 20.6. The highest BCUT2D eigenvalue weighted by Gasteiger charge is 2.28. The van der Waals surface area contributed by atoms with Gasteiger partial charge in [-0.05, 0) is 48.4 Å². The number of amides is 4. The second-order valence-corrected chi connectivity index (χ2v) is 8.26. The van der Waals surface area contributed by atoms with Gasteiger partial charge < -0.3 is 29.7 Å². The molecule has 2 N–H and O–H groups in total. The standard InChI is InChI=1S/C27H30N4O5/c1-34-21-9-6-8-20(16-21)28-26(32)29-24-10-4-5-11-25(24)31-13-7-12-30(27(31)33)18-19-14-22(35-2)17-23(15-19)36-3/h4-6,8-11,14-17H,7,12-13,18H2,1-3H3,(H2,28,29,32). The number of benzene rings is 3. The Bertz CT molecular complexity index is 1210. The largest absolute Gasteiger partial charge is 0.497 e. The third-order valence-electron chi connectivity index (χ3n) is 5.87. The molecule has 36 heavy (non-hydrogen) atoms. The molecule has 9 nitrogen and oxygen atoms in total. The molecular weight excluding hydrogens is 460 g/mol. The summed E-state index contributed by atoms with van der Waals surface area (Å²) in [5.41, 5.74) is 2.68. The first-order valence-corrected chi connectivity index (χ1v) is 11.6. The maximum absolute atomic E-state index is 13.5. The van der Waals surface area contributed by atoms with Crippen molar-refractivity contribution in [2.75, 3.05) is 50.0 Å². The van der Waals surface area contributed by atoms with Gasteiger partial charge in [-0.1, -0.05) is 18.2 Å². The quantitative estimate of drug-likeness (QED) is 0.453. The molecule has 9 heteroatoms. The fourth-order valence-corrected chi connectivity index (χ4v) is 4.13. The Hall–Kier alpha value is -4.40. The number of ether oxygens (including phenoxy) is 3. The van der Waals surface area contributed by atoms with E-state index in [2.05, 4.69) is 10.6 Å². The Morgan fingerprint density at radius 2 is 1.56 bits per heavy atom. The molecule has 1 fully saturated rings. The molecule has 4 rings (SSSR count). The van der Waals surface area contributed by atoms with Crippen LogP contribution in [0.5, 0.6) is 17.2 Å². The Labute approximate surface area is 210 Å². The average Bonchev–Trinajstić information content (AvgIpc) is 2.90. The molecular formula is C27H30N4O5. The highest BCUT2D eigenvalue weighted by molar-refractivity contribution is 6.04. The number of carbonyl (C=O) groups is 2. The van der Waals surface area contributed by atoms with Crippen molar-refractivity contribution in [3.63, 3.8) is 0 Å². The first-order valence-electron chi connectivity index (χ1n) is 11.6. The lowest BCUT2D eigenvalue weighted by Crippen LogP contribution is -2.49. The Morgan fingerprint density at radius 3 is 2.28 bits per heavy atom. The van der Waals surface area contributed by atoms with Crippen molar-refractivity contribution in [1.82, 2.24) is 4.90 Å². The predicted molar refractivity (Wildman–Crippen MR) is 139 cm³/mol. The second kappa shape index (κ2) is 11.4. The molecule has 0 bridgehead atoms. The smallest absolute Gasteiger partial charge is 0.324 e. The van der Waals surface area contributed by atoms with Crippen molar-refractivity contribution in [1.29, 1.82) is 0 Å². The number of urea groups is 2. The van der Waals surface area contributed by atoms with E-state index in [9.17, 15) is 9.59 Å². The summed E-state index contributed by atoms with van der Waals surface area (Å²) in [7, 11) is 4.76. The number of carbonyl (C=O) groups excluding carboxylic acids is 2. The molecule has 3 aromatic rings. The molecule has 0 saturated carbocycles. The van der Waals surface area contributed by atoms with Gasteiger partial charge in [0.15, 0.2) is 0 Å². The minimum absolute atomic E-state index is 0.134. The van der Waals surface area contributed by atoms with E-state index in [1.807, 2.05) is 30.3 Å². The summed E-state index contributed by atoms with van der Waals surface area (Å²) in [6.07, 6.45) is 0.789. The molecule has 3 aromatic carbocycles. The van der Waals surface area contributed by atoms with E-state index < -0.39 is 6.03 Å². The lowest BCUT2D eigenvalue weighted by molar-refractivity contribution is 0.192. The van der Waals surface area contributed by atoms with Gasteiger partial charge in [0.1, 0.15) is 17.2 Å². The monoisotopic (exact) mass is 490 g/mol. The van der Waals surface area contributed by atoms with E-state index >= 15 is 0 Å². The summed E-state index contributed by atoms with van der Waals surface area (Å²) in [5, 5.41) is 5.67. The van der Waals surface area contributed by atoms with Crippen molar-refractivity contribution in [2.45, 2.75) is 13.0 Å². The van der Waals surface area contributed by atoms with E-state index in [0.29, 0.717) is 53.9 Å². The Kier molecular flexibility index (Phi) is 7.79. The first-order chi connectivity index (χ1) is 17.5. The number of hydrogen-bond donors (Lipinski definition) is 2. The third kappa shape index (κ3) is 5.80. The summed E-state index contributed by atoms with van der Waals surface area (Å²) in [4.78, 5) is 29.7. The Balaban J connectivity index is 1.49. The van der Waals surface area contributed by atoms with Gasteiger partial charge in [0.2, 0.25) is 0 Å². The number of anilines is 3. The molecule has 188 valence electrons. The van der Waals surface area contributed by atoms with Crippen LogP contribution in [-0.2, 0) is 6.54 Å². The van der Waals surface area contributed by atoms with Crippen LogP contribution in [0, 0.1) is 0 Å². The molecule has 1 saturated heterocycles. The lowest BCUT2D eigenvalue weighted by Gasteiger charge is -2.36. The third-order valence-corrected chi connectivity index (χ3v) is 5.87. The molecule has 0 radical (unpaired) electrons. The van der Waals surface area contributed by atoms with Crippen LogP contribution in [-0.4, -0.2) is 51.4 Å². The van der Waals surface area contributed by atoms with Gasteiger partial charge in [0.05, 0.1) is 32.7 Å². The molecule has 0 spiro atoms. The van der Waals surface area contributed by atoms with Crippen LogP contribution in [0.2, 0.25) is 0 Å². The molecule has 0 unspecified atom stereocenters. The summed E-state index contributed by atoms with van der Waals surface area (Å²) >= 11 is 0. The molecule has 4 amide bonds. The van der Waals surface area contributed by atoms with Crippen molar-refractivity contribution in [3.05, 3.63) is 72.3 Å². The van der Waals surface area contributed by atoms with Gasteiger partial charge in [-0.2, -0.15) is 0 Å². The van der Waals surface area contributed by atoms with Crippen molar-refractivity contribution in [3.8, 4) is 17.2 Å². The number of para-hydroxylation sites is 2. The maximum Gasteiger partial charge on any atom is 0.324 e. The van der Waals surface area contributed by atoms with Gasteiger partial charge in [0, 0.05) is 37.5 Å². The van der Waals surface area contributed by atoms with Gasteiger partial charge in [-0.15, -0.1) is 0 Å². The summed E-state index contributed by atoms with van der Waals surface area (Å²) in [6.45, 7) is 1.59. The summed E-state index contributed by atoms with van der Waals surface area (Å²) < 4.78 is 15.9. The van der Waals surface area contributed by atoms with E-state index in [1.54, 1.807) is 67.5 Å². The van der Waals surface area contributed by atoms with Crippen LogP contribution in [0.25, 0.3) is 0 Å². The van der Waals surface area contributed by atoms with E-state index in [4.69, 9.17) is 14.2 Å². The van der Waals surface area contributed by atoms with Gasteiger partial charge >= 0.3 is 12.1 Å². The lowest BCUT2D eigenvalue weighted by atomic mass is 10.1. The maximum atomic E-state index is 13.5. The zero-order valence-corrected chi connectivity index (χ0v) is 20.6. The Morgan fingerprint density at radius 1 is 0.833 bits per heavy atom. The highest BCUT2D eigenvalue weighted by Crippen LogP contribution is 2.30. The van der Waals surface area contributed by atoms with Gasteiger partial charge in [-0.25, -0.2) is 9.59 Å². The van der Waals surface area contributed by atoms with Crippen molar-refractivity contribution < 1.29 is 23.8 Å². The minimum atomic E-state index is -0.416. The number of hydrogen-bond acceptors (Lipinski definition) is 5. The number of rotatable bonds is 8. The number of nitrogens with one attached hydrogen (secondary N) is 2. The van der Waals surface area contributed by atoms with E-state index in [0.717, 1.165) is 12.0 Å². The van der Waals surface area contributed by atoms with Crippen LogP contribution >= 0.6 is 0 Å². The SMILES string of the molecule is COc1cccc(NC(=O)Nc2ccccc2N2CCCN(Cc3cc(OC)cc(OC)c3)C2=O)c1. The first kappa shape index (κ1) is 24.7. The van der Waals surface area contributed by atoms with E-state index in [-0.39, 0.29) is 6.03 Å². The predicted octanol–water partition coefficient (Wildman–Crippen LogP) is 5.19. The molecule has 0 aliphatic carbocycles. The van der Waals surface area contributed by atoms with Crippen LogP contribution in [0.15, 0.2) is 66.7 Å². The summed E-state index contributed by atoms with van der Waals surface area (Å²) in [5.74, 6) is 1.98. The molecule has 1 heterocycles. The van der Waals surface area contributed by atoms with E-state index in [1.165, 1.54) is 0 Å². The fourth-order valence-electron chi connectivity index (χ4n) is 4.13. The number of methoxy groups -OCH3 is 3. The number of nitrogens with zero attached hydrogens (tertiary/aromatic N) is 2. The van der Waals surface area contributed by atoms with Crippen LogP contribution in [0.1, 0.15) is 12.0 Å². The van der Waals surface area contributed by atoms with Crippen molar-refractivity contribution >= 4 is 29.1 Å². The zero-order chi connectivity index (χ0) is 25.5. The van der Waals surface area contributed by atoms with Gasteiger partial charge in [0.25, 0.3) is 0 Å². The van der Waals surface area contributed by atoms with Crippen molar-refractivity contribution in [2.24, 2.45) is 0 Å². The highest BCUT2D eigenvalue weighted by atomic mass is 16.5. The molecule has 1 aliphatic rings. The van der Waals surface area contributed by atoms with Crippen LogP contribution in [0.4, 0.5) is 26.7 Å².